The van der Waals surface area contributed by atoms with E-state index in [2.05, 4.69) is 20.0 Å². The molecule has 1 aromatic carbocycles. The Labute approximate surface area is 138 Å². The average molecular weight is 347 g/mol. The molecule has 3 rings (SSSR count). The van der Waals surface area contributed by atoms with Crippen LogP contribution < -0.4 is 10.0 Å². The number of benzene rings is 1. The van der Waals surface area contributed by atoms with Crippen LogP contribution in [0.4, 0.5) is 0 Å². The lowest BCUT2D eigenvalue weighted by molar-refractivity contribution is 0.0942. The van der Waals surface area contributed by atoms with Crippen molar-refractivity contribution in [2.75, 3.05) is 7.05 Å². The van der Waals surface area contributed by atoms with Crippen molar-refractivity contribution in [2.45, 2.75) is 11.4 Å². The first kappa shape index (κ1) is 16.2. The van der Waals surface area contributed by atoms with Gasteiger partial charge in [0, 0.05) is 13.2 Å². The number of imidazole rings is 1. The number of fused-ring (bicyclic) bond motifs is 1. The van der Waals surface area contributed by atoms with Crippen molar-refractivity contribution >= 4 is 27.0 Å². The van der Waals surface area contributed by atoms with Gasteiger partial charge in [-0.25, -0.2) is 18.1 Å². The predicted molar refractivity (Wildman–Crippen MR) is 88.9 cm³/mol. The van der Waals surface area contributed by atoms with Crippen LogP contribution in [0.1, 0.15) is 16.3 Å². The van der Waals surface area contributed by atoms with Crippen LogP contribution in [0.5, 0.6) is 0 Å². The van der Waals surface area contributed by atoms with Crippen molar-refractivity contribution < 1.29 is 13.2 Å². The summed E-state index contributed by atoms with van der Waals surface area (Å²) in [4.78, 5) is 19.8. The van der Waals surface area contributed by atoms with Crippen molar-refractivity contribution in [1.29, 1.82) is 0 Å². The van der Waals surface area contributed by atoms with E-state index >= 15 is 0 Å². The molecular formula is C15H17N5O3S. The molecule has 3 N–H and O–H groups in total. The molecule has 3 aromatic rings. The Kier molecular flexibility index (Phi) is 4.12. The first-order valence-corrected chi connectivity index (χ1v) is 8.71. The average Bonchev–Trinajstić information content (AvgIpc) is 3.16. The molecule has 126 valence electrons. The van der Waals surface area contributed by atoms with Crippen LogP contribution >= 0.6 is 0 Å². The van der Waals surface area contributed by atoms with E-state index in [1.807, 2.05) is 24.3 Å². The van der Waals surface area contributed by atoms with Gasteiger partial charge in [-0.05, 0) is 25.2 Å². The fourth-order valence-corrected chi connectivity index (χ4v) is 3.17. The number of rotatable bonds is 5. The second kappa shape index (κ2) is 6.10. The predicted octanol–water partition coefficient (Wildman–Crippen LogP) is 0.739. The number of aromatic amines is 1. The molecule has 0 spiro atoms. The topological polar surface area (TPSA) is 109 Å². The number of carbonyl (C=O) groups excluding carboxylic acids is 1. The Balaban J connectivity index is 1.75. The number of carbonyl (C=O) groups is 1. The number of para-hydroxylation sites is 2. The standard InChI is InChI=1S/C15H17N5O3S/c1-16-24(22,23)10-7-13(20(2)9-10)15(21)17-8-14-18-11-5-3-4-6-12(11)19-14/h3-7,9,16H,8H2,1-2H3,(H,17,21)(H,18,19). The smallest absolute Gasteiger partial charge is 0.268 e. The van der Waals surface area contributed by atoms with Crippen LogP contribution in [0.2, 0.25) is 0 Å². The molecular weight excluding hydrogens is 330 g/mol. The summed E-state index contributed by atoms with van der Waals surface area (Å²) < 4.78 is 27.3. The Morgan fingerprint density at radius 2 is 2.08 bits per heavy atom. The Hall–Kier alpha value is -2.65. The first-order chi connectivity index (χ1) is 11.4. The molecule has 2 aromatic heterocycles. The molecule has 0 aliphatic rings. The van der Waals surface area contributed by atoms with Crippen molar-refractivity contribution in [1.82, 2.24) is 24.6 Å². The summed E-state index contributed by atoms with van der Waals surface area (Å²) in [6.45, 7) is 0.215. The van der Waals surface area contributed by atoms with Gasteiger partial charge >= 0.3 is 0 Å². The minimum atomic E-state index is -3.59. The molecule has 0 aliphatic carbocycles. The van der Waals surface area contributed by atoms with Gasteiger partial charge in [0.05, 0.1) is 17.6 Å². The molecule has 1 amide bonds. The van der Waals surface area contributed by atoms with E-state index in [0.717, 1.165) is 11.0 Å². The summed E-state index contributed by atoms with van der Waals surface area (Å²) in [5.41, 5.74) is 1.96. The third-order valence-corrected chi connectivity index (χ3v) is 5.03. The maximum Gasteiger partial charge on any atom is 0.268 e. The van der Waals surface area contributed by atoms with Crippen LogP contribution in [0.15, 0.2) is 41.4 Å². The second-order valence-electron chi connectivity index (χ2n) is 5.26. The van der Waals surface area contributed by atoms with Gasteiger partial charge in [0.1, 0.15) is 16.4 Å². The zero-order valence-corrected chi connectivity index (χ0v) is 14.0. The minimum absolute atomic E-state index is 0.0430. The number of nitrogens with one attached hydrogen (secondary N) is 3. The van der Waals surface area contributed by atoms with Gasteiger partial charge in [0.15, 0.2) is 0 Å². The van der Waals surface area contributed by atoms with Gasteiger partial charge in [-0.15, -0.1) is 0 Å². The van der Waals surface area contributed by atoms with E-state index in [9.17, 15) is 13.2 Å². The van der Waals surface area contributed by atoms with Crippen LogP contribution in [0.3, 0.4) is 0 Å². The Morgan fingerprint density at radius 3 is 2.79 bits per heavy atom. The summed E-state index contributed by atoms with van der Waals surface area (Å²) in [6, 6.07) is 8.90. The van der Waals surface area contributed by atoms with E-state index in [1.54, 1.807) is 7.05 Å². The van der Waals surface area contributed by atoms with E-state index < -0.39 is 10.0 Å². The molecule has 0 aliphatic heterocycles. The van der Waals surface area contributed by atoms with Crippen LogP contribution in [0.25, 0.3) is 11.0 Å². The van der Waals surface area contributed by atoms with Gasteiger partial charge in [0.2, 0.25) is 10.0 Å². The van der Waals surface area contributed by atoms with Crippen molar-refractivity contribution in [3.63, 3.8) is 0 Å². The van der Waals surface area contributed by atoms with Gasteiger partial charge < -0.3 is 14.9 Å². The Morgan fingerprint density at radius 1 is 1.33 bits per heavy atom. The first-order valence-electron chi connectivity index (χ1n) is 7.22. The van der Waals surface area contributed by atoms with Crippen molar-refractivity contribution in [3.05, 3.63) is 48.0 Å². The minimum Gasteiger partial charge on any atom is -0.345 e. The molecule has 2 heterocycles. The number of sulfonamides is 1. The number of hydrogen-bond donors (Lipinski definition) is 3. The number of H-pyrrole nitrogens is 1. The SMILES string of the molecule is CNS(=O)(=O)c1cc(C(=O)NCc2nc3ccccc3[nH]2)n(C)c1. The molecule has 0 unspecified atom stereocenters. The third-order valence-electron chi connectivity index (χ3n) is 3.65. The zero-order chi connectivity index (χ0) is 17.3. The number of aryl methyl sites for hydroxylation is 1. The van der Waals surface area contributed by atoms with Crippen LogP contribution in [-0.4, -0.2) is 35.9 Å². The van der Waals surface area contributed by atoms with E-state index in [0.29, 0.717) is 5.82 Å². The largest absolute Gasteiger partial charge is 0.345 e. The molecule has 0 atom stereocenters. The summed E-state index contributed by atoms with van der Waals surface area (Å²) in [6.07, 6.45) is 1.39. The molecule has 0 bridgehead atoms. The molecule has 0 saturated heterocycles. The third kappa shape index (κ3) is 3.03. The number of aromatic nitrogens is 3. The lowest BCUT2D eigenvalue weighted by atomic mass is 10.3. The maximum absolute atomic E-state index is 12.3. The lowest BCUT2D eigenvalue weighted by Crippen LogP contribution is -2.25. The summed E-state index contributed by atoms with van der Waals surface area (Å²) in [5.74, 6) is 0.248. The molecule has 24 heavy (non-hydrogen) atoms. The summed E-state index contributed by atoms with van der Waals surface area (Å²) in [5, 5.41) is 2.73. The fraction of sp³-hybridized carbons (Fsp3) is 0.200. The zero-order valence-electron chi connectivity index (χ0n) is 13.2. The monoisotopic (exact) mass is 347 g/mol. The number of nitrogens with zero attached hydrogens (tertiary/aromatic N) is 2. The lowest BCUT2D eigenvalue weighted by Gasteiger charge is -2.03. The highest BCUT2D eigenvalue weighted by Crippen LogP contribution is 2.14. The number of hydrogen-bond acceptors (Lipinski definition) is 4. The molecule has 0 fully saturated rings. The summed E-state index contributed by atoms with van der Waals surface area (Å²) >= 11 is 0. The highest BCUT2D eigenvalue weighted by atomic mass is 32.2. The normalized spacial score (nSPS) is 11.8. The van der Waals surface area contributed by atoms with Crippen LogP contribution in [0, 0.1) is 0 Å². The maximum atomic E-state index is 12.3. The highest BCUT2D eigenvalue weighted by molar-refractivity contribution is 7.89. The molecule has 0 saturated carbocycles. The summed E-state index contributed by atoms with van der Waals surface area (Å²) in [7, 11) is -0.648. The fourth-order valence-electron chi connectivity index (χ4n) is 2.37. The number of amides is 1. The van der Waals surface area contributed by atoms with Crippen molar-refractivity contribution in [2.24, 2.45) is 7.05 Å². The van der Waals surface area contributed by atoms with Crippen LogP contribution in [-0.2, 0) is 23.6 Å². The Bertz CT molecular complexity index is 970. The molecule has 8 nitrogen and oxygen atoms in total. The van der Waals surface area contributed by atoms with Gasteiger partial charge in [-0.2, -0.15) is 0 Å². The molecule has 9 heteroatoms. The van der Waals surface area contributed by atoms with Gasteiger partial charge in [0.25, 0.3) is 5.91 Å². The highest BCUT2D eigenvalue weighted by Gasteiger charge is 2.19. The van der Waals surface area contributed by atoms with E-state index in [4.69, 9.17) is 0 Å². The molecule has 0 radical (unpaired) electrons. The van der Waals surface area contributed by atoms with Gasteiger partial charge in [-0.1, -0.05) is 12.1 Å². The van der Waals surface area contributed by atoms with E-state index in [1.165, 1.54) is 23.9 Å². The van der Waals surface area contributed by atoms with Gasteiger partial charge in [-0.3, -0.25) is 4.79 Å². The quantitative estimate of drug-likeness (QED) is 0.632. The second-order valence-corrected chi connectivity index (χ2v) is 7.15. The van der Waals surface area contributed by atoms with Crippen molar-refractivity contribution in [3.8, 4) is 0 Å². The van der Waals surface area contributed by atoms with E-state index in [-0.39, 0.29) is 23.0 Å².